The molecule has 2 unspecified atom stereocenters. The molecule has 2 aromatic heterocycles. The summed E-state index contributed by atoms with van der Waals surface area (Å²) in [6.45, 7) is 0. The van der Waals surface area contributed by atoms with Gasteiger partial charge in [0.2, 0.25) is 11.7 Å². The quantitative estimate of drug-likeness (QED) is 0.811. The molecule has 1 aliphatic rings. The van der Waals surface area contributed by atoms with Gasteiger partial charge < -0.3 is 4.52 Å². The van der Waals surface area contributed by atoms with Crippen molar-refractivity contribution in [3.63, 3.8) is 0 Å². The van der Waals surface area contributed by atoms with Gasteiger partial charge in [0.25, 0.3) is 0 Å². The molecular formula is C11H6Br2N4O. The predicted octanol–water partition coefficient (Wildman–Crippen LogP) is 3.28. The summed E-state index contributed by atoms with van der Waals surface area (Å²) in [5.41, 5.74) is 0.627. The highest BCUT2D eigenvalue weighted by Crippen LogP contribution is 2.46. The van der Waals surface area contributed by atoms with Crippen molar-refractivity contribution in [1.29, 1.82) is 5.26 Å². The van der Waals surface area contributed by atoms with Crippen LogP contribution in [0.3, 0.4) is 0 Å². The summed E-state index contributed by atoms with van der Waals surface area (Å²) in [5.74, 6) is 1.06. The van der Waals surface area contributed by atoms with Crippen LogP contribution in [-0.4, -0.2) is 15.1 Å². The summed E-state index contributed by atoms with van der Waals surface area (Å²) in [6, 6.07) is 4.07. The average Bonchev–Trinajstić information content (AvgIpc) is 2.99. The van der Waals surface area contributed by atoms with Crippen molar-refractivity contribution in [1.82, 2.24) is 15.1 Å². The Morgan fingerprint density at radius 2 is 2.28 bits per heavy atom. The van der Waals surface area contributed by atoms with Crippen molar-refractivity contribution in [2.75, 3.05) is 0 Å². The van der Waals surface area contributed by atoms with Gasteiger partial charge in [0.15, 0.2) is 0 Å². The van der Waals surface area contributed by atoms with E-state index in [1.54, 1.807) is 6.20 Å². The fourth-order valence-electron chi connectivity index (χ4n) is 1.67. The molecule has 1 fully saturated rings. The maximum absolute atomic E-state index is 8.77. The first-order valence-electron chi connectivity index (χ1n) is 5.23. The first kappa shape index (κ1) is 11.8. The van der Waals surface area contributed by atoms with E-state index >= 15 is 0 Å². The molecule has 0 aliphatic heterocycles. The van der Waals surface area contributed by atoms with Gasteiger partial charge in [-0.05, 0) is 44.3 Å². The largest absolute Gasteiger partial charge is 0.339 e. The molecule has 2 heterocycles. The third-order valence-corrected chi connectivity index (χ3v) is 3.77. The van der Waals surface area contributed by atoms with E-state index in [1.165, 1.54) is 0 Å². The van der Waals surface area contributed by atoms with Gasteiger partial charge in [-0.1, -0.05) is 5.16 Å². The molecule has 0 amide bonds. The van der Waals surface area contributed by atoms with Gasteiger partial charge >= 0.3 is 0 Å². The minimum atomic E-state index is 0.0135. The van der Waals surface area contributed by atoms with Crippen molar-refractivity contribution in [2.45, 2.75) is 12.3 Å². The highest BCUT2D eigenvalue weighted by molar-refractivity contribution is 9.11. The zero-order valence-corrected chi connectivity index (χ0v) is 12.1. The molecule has 7 heteroatoms. The molecule has 1 saturated carbocycles. The summed E-state index contributed by atoms with van der Waals surface area (Å²) in [6.07, 6.45) is 2.47. The molecule has 2 aromatic rings. The first-order chi connectivity index (χ1) is 8.69. The SMILES string of the molecule is N#CC1CC1c1nc(-c2ncc(Br)cc2Br)no1. The van der Waals surface area contributed by atoms with Crippen molar-refractivity contribution in [3.8, 4) is 17.6 Å². The zero-order valence-electron chi connectivity index (χ0n) is 8.97. The van der Waals surface area contributed by atoms with E-state index in [1.807, 2.05) is 6.07 Å². The molecule has 90 valence electrons. The summed E-state index contributed by atoms with van der Waals surface area (Å²) in [7, 11) is 0. The number of nitrogens with zero attached hydrogens (tertiary/aromatic N) is 4. The Balaban J connectivity index is 1.92. The predicted molar refractivity (Wildman–Crippen MR) is 69.4 cm³/mol. The van der Waals surface area contributed by atoms with E-state index in [0.29, 0.717) is 17.4 Å². The van der Waals surface area contributed by atoms with E-state index in [0.717, 1.165) is 15.4 Å². The fourth-order valence-corrected chi connectivity index (χ4v) is 2.84. The lowest BCUT2D eigenvalue weighted by molar-refractivity contribution is 0.378. The molecule has 0 N–H and O–H groups in total. The third kappa shape index (κ3) is 2.06. The number of aromatic nitrogens is 3. The molecule has 0 aromatic carbocycles. The third-order valence-electron chi connectivity index (χ3n) is 2.73. The molecule has 2 atom stereocenters. The van der Waals surface area contributed by atoms with Crippen LogP contribution >= 0.6 is 31.9 Å². The highest BCUT2D eigenvalue weighted by Gasteiger charge is 2.43. The zero-order chi connectivity index (χ0) is 12.7. The minimum Gasteiger partial charge on any atom is -0.339 e. The Morgan fingerprint density at radius 3 is 2.94 bits per heavy atom. The summed E-state index contributed by atoms with van der Waals surface area (Å²) in [4.78, 5) is 8.53. The number of pyridine rings is 1. The lowest BCUT2D eigenvalue weighted by Gasteiger charge is -1.97. The Bertz CT molecular complexity index is 649. The Hall–Kier alpha value is -1.26. The molecule has 3 rings (SSSR count). The lowest BCUT2D eigenvalue weighted by Crippen LogP contribution is -1.88. The number of nitriles is 1. The Kier molecular flexibility index (Phi) is 2.92. The van der Waals surface area contributed by atoms with Gasteiger partial charge in [0, 0.05) is 15.1 Å². The van der Waals surface area contributed by atoms with Crippen LogP contribution < -0.4 is 0 Å². The number of halogens is 2. The van der Waals surface area contributed by atoms with Crippen LogP contribution in [0, 0.1) is 17.2 Å². The average molecular weight is 370 g/mol. The van der Waals surface area contributed by atoms with Crippen LogP contribution in [0.2, 0.25) is 0 Å². The van der Waals surface area contributed by atoms with Gasteiger partial charge in [0.05, 0.1) is 17.9 Å². The second kappa shape index (κ2) is 4.44. The molecule has 18 heavy (non-hydrogen) atoms. The molecule has 0 radical (unpaired) electrons. The standard InChI is InChI=1S/C11H6Br2N4O/c12-6-2-8(13)9(15-4-6)10-16-11(18-17-10)7-1-5(7)3-14/h2,4-5,7H,1H2. The summed E-state index contributed by atoms with van der Waals surface area (Å²) < 4.78 is 6.83. The van der Waals surface area contributed by atoms with Gasteiger partial charge in [-0.2, -0.15) is 10.2 Å². The molecule has 0 saturated heterocycles. The maximum atomic E-state index is 8.77. The van der Waals surface area contributed by atoms with Gasteiger partial charge in [0.1, 0.15) is 5.69 Å². The van der Waals surface area contributed by atoms with Gasteiger partial charge in [-0.3, -0.25) is 4.98 Å². The normalized spacial score (nSPS) is 21.6. The molecule has 0 bridgehead atoms. The maximum Gasteiger partial charge on any atom is 0.231 e. The number of hydrogen-bond donors (Lipinski definition) is 0. The Morgan fingerprint density at radius 1 is 1.44 bits per heavy atom. The van der Waals surface area contributed by atoms with E-state index in [2.05, 4.69) is 53.1 Å². The van der Waals surface area contributed by atoms with Crippen molar-refractivity contribution in [3.05, 3.63) is 27.1 Å². The summed E-state index contributed by atoms with van der Waals surface area (Å²) in [5, 5.41) is 12.7. The van der Waals surface area contributed by atoms with Gasteiger partial charge in [-0.25, -0.2) is 0 Å². The van der Waals surface area contributed by atoms with Crippen molar-refractivity contribution >= 4 is 31.9 Å². The molecule has 5 nitrogen and oxygen atoms in total. The summed E-state index contributed by atoms with van der Waals surface area (Å²) >= 11 is 6.74. The monoisotopic (exact) mass is 368 g/mol. The molecule has 0 spiro atoms. The second-order valence-electron chi connectivity index (χ2n) is 4.02. The van der Waals surface area contributed by atoms with E-state index in [9.17, 15) is 0 Å². The highest BCUT2D eigenvalue weighted by atomic mass is 79.9. The van der Waals surface area contributed by atoms with Crippen LogP contribution in [0.25, 0.3) is 11.5 Å². The van der Waals surface area contributed by atoms with Crippen molar-refractivity contribution in [2.24, 2.45) is 5.92 Å². The van der Waals surface area contributed by atoms with Crippen LogP contribution in [0.1, 0.15) is 18.2 Å². The van der Waals surface area contributed by atoms with E-state index in [4.69, 9.17) is 9.78 Å². The van der Waals surface area contributed by atoms with Crippen LogP contribution in [0.4, 0.5) is 0 Å². The lowest BCUT2D eigenvalue weighted by atomic mass is 10.3. The van der Waals surface area contributed by atoms with E-state index < -0.39 is 0 Å². The number of hydrogen-bond acceptors (Lipinski definition) is 5. The second-order valence-corrected chi connectivity index (χ2v) is 5.79. The number of rotatable bonds is 2. The van der Waals surface area contributed by atoms with Crippen LogP contribution in [0.15, 0.2) is 25.7 Å². The topological polar surface area (TPSA) is 75.6 Å². The van der Waals surface area contributed by atoms with E-state index in [-0.39, 0.29) is 11.8 Å². The van der Waals surface area contributed by atoms with Crippen LogP contribution in [-0.2, 0) is 0 Å². The smallest absolute Gasteiger partial charge is 0.231 e. The fraction of sp³-hybridized carbons (Fsp3) is 0.273. The molecule has 1 aliphatic carbocycles. The van der Waals surface area contributed by atoms with Gasteiger partial charge in [-0.15, -0.1) is 0 Å². The Labute approximate surface area is 119 Å². The van der Waals surface area contributed by atoms with Crippen molar-refractivity contribution < 1.29 is 4.52 Å². The minimum absolute atomic E-state index is 0.0135. The molecular weight excluding hydrogens is 364 g/mol. The van der Waals surface area contributed by atoms with Crippen LogP contribution in [0.5, 0.6) is 0 Å². The first-order valence-corrected chi connectivity index (χ1v) is 6.82.